The van der Waals surface area contributed by atoms with Crippen molar-refractivity contribution in [1.82, 2.24) is 0 Å². The monoisotopic (exact) mass is 253 g/mol. The summed E-state index contributed by atoms with van der Waals surface area (Å²) in [5.74, 6) is 0.588. The summed E-state index contributed by atoms with van der Waals surface area (Å²) in [6.45, 7) is 4.20. The van der Waals surface area contributed by atoms with Crippen LogP contribution in [0.5, 0.6) is 0 Å². The van der Waals surface area contributed by atoms with Crippen molar-refractivity contribution in [2.24, 2.45) is 0 Å². The molecule has 0 spiro atoms. The number of nitrogens with one attached hydrogen (secondary N) is 1. The van der Waals surface area contributed by atoms with Crippen molar-refractivity contribution in [2.75, 3.05) is 11.2 Å². The maximum absolute atomic E-state index is 11.7. The van der Waals surface area contributed by atoms with E-state index in [9.17, 15) is 4.79 Å². The van der Waals surface area contributed by atoms with Crippen LogP contribution in [0.2, 0.25) is 0 Å². The Labute approximate surface area is 108 Å². The third-order valence-corrected chi connectivity index (χ3v) is 3.07. The number of rotatable bonds is 6. The van der Waals surface area contributed by atoms with Gasteiger partial charge in [0.2, 0.25) is 5.91 Å². The van der Waals surface area contributed by atoms with Gasteiger partial charge in [0.1, 0.15) is 0 Å². The second-order valence-electron chi connectivity index (χ2n) is 4.00. The maximum atomic E-state index is 11.7. The Morgan fingerprint density at radius 1 is 1.24 bits per heavy atom. The number of hydrogen-bond acceptors (Lipinski definition) is 1. The fourth-order valence-corrected chi connectivity index (χ4v) is 1.97. The fourth-order valence-electron chi connectivity index (χ4n) is 1.83. The van der Waals surface area contributed by atoms with Crippen LogP contribution in [-0.4, -0.2) is 11.8 Å². The molecule has 94 valence electrons. The van der Waals surface area contributed by atoms with Gasteiger partial charge in [-0.3, -0.25) is 4.79 Å². The average Bonchev–Trinajstić information content (AvgIpc) is 2.36. The highest BCUT2D eigenvalue weighted by atomic mass is 35.5. The molecule has 0 saturated heterocycles. The lowest BCUT2D eigenvalue weighted by molar-refractivity contribution is -0.116. The zero-order valence-corrected chi connectivity index (χ0v) is 11.3. The molecule has 1 amide bonds. The minimum Gasteiger partial charge on any atom is -0.326 e. The molecule has 0 fully saturated rings. The van der Waals surface area contributed by atoms with Gasteiger partial charge in [-0.1, -0.05) is 32.0 Å². The summed E-state index contributed by atoms with van der Waals surface area (Å²) in [5.41, 5.74) is 3.39. The zero-order chi connectivity index (χ0) is 12.7. The molecule has 0 aromatic heterocycles. The van der Waals surface area contributed by atoms with Crippen LogP contribution in [0.4, 0.5) is 5.69 Å². The normalized spacial score (nSPS) is 10.3. The first kappa shape index (κ1) is 14.0. The molecule has 0 radical (unpaired) electrons. The van der Waals surface area contributed by atoms with Crippen LogP contribution in [0.1, 0.15) is 37.8 Å². The van der Waals surface area contributed by atoms with Crippen LogP contribution in [0, 0.1) is 0 Å². The van der Waals surface area contributed by atoms with E-state index in [1.807, 2.05) is 6.07 Å². The summed E-state index contributed by atoms with van der Waals surface area (Å²) in [5, 5.41) is 3.02. The predicted molar refractivity (Wildman–Crippen MR) is 73.8 cm³/mol. The molecule has 0 saturated carbocycles. The van der Waals surface area contributed by atoms with E-state index >= 15 is 0 Å². The Bertz CT molecular complexity index is 354. The largest absolute Gasteiger partial charge is 0.326 e. The molecule has 0 unspecified atom stereocenters. The Kier molecular flexibility index (Phi) is 6.06. The number of alkyl halides is 1. The molecule has 1 aromatic rings. The van der Waals surface area contributed by atoms with Gasteiger partial charge in [-0.2, -0.15) is 0 Å². The van der Waals surface area contributed by atoms with E-state index in [1.54, 1.807) is 0 Å². The maximum Gasteiger partial charge on any atom is 0.224 e. The highest BCUT2D eigenvalue weighted by Gasteiger charge is 2.09. The summed E-state index contributed by atoms with van der Waals surface area (Å²) < 4.78 is 0. The van der Waals surface area contributed by atoms with Gasteiger partial charge < -0.3 is 5.32 Å². The quantitative estimate of drug-likeness (QED) is 0.769. The second-order valence-corrected chi connectivity index (χ2v) is 4.38. The molecule has 3 heteroatoms. The van der Waals surface area contributed by atoms with E-state index in [4.69, 9.17) is 11.6 Å². The average molecular weight is 254 g/mol. The molecule has 1 rings (SSSR count). The van der Waals surface area contributed by atoms with Crippen LogP contribution in [0.15, 0.2) is 18.2 Å². The molecule has 0 aliphatic heterocycles. The molecule has 0 aliphatic rings. The van der Waals surface area contributed by atoms with Gasteiger partial charge in [0, 0.05) is 18.0 Å². The van der Waals surface area contributed by atoms with E-state index in [-0.39, 0.29) is 5.91 Å². The van der Waals surface area contributed by atoms with E-state index in [2.05, 4.69) is 31.3 Å². The van der Waals surface area contributed by atoms with E-state index in [0.29, 0.717) is 12.3 Å². The molecule has 0 aliphatic carbocycles. The van der Waals surface area contributed by atoms with Crippen molar-refractivity contribution >= 4 is 23.2 Å². The molecule has 1 aromatic carbocycles. The van der Waals surface area contributed by atoms with Crippen LogP contribution in [-0.2, 0) is 17.6 Å². The first-order chi connectivity index (χ1) is 8.22. The zero-order valence-electron chi connectivity index (χ0n) is 10.6. The molecular weight excluding hydrogens is 234 g/mol. The fraction of sp³-hybridized carbons (Fsp3) is 0.500. The van der Waals surface area contributed by atoms with Crippen LogP contribution in [0.3, 0.4) is 0 Å². The first-order valence-corrected chi connectivity index (χ1v) is 6.72. The minimum atomic E-state index is 0.0567. The number of anilines is 1. The van der Waals surface area contributed by atoms with Crippen LogP contribution >= 0.6 is 11.6 Å². The summed E-state index contributed by atoms with van der Waals surface area (Å²) in [6.07, 6.45) is 3.08. The first-order valence-electron chi connectivity index (χ1n) is 6.19. The van der Waals surface area contributed by atoms with E-state index < -0.39 is 0 Å². The van der Waals surface area contributed by atoms with Crippen LogP contribution in [0.25, 0.3) is 0 Å². The number of amides is 1. The van der Waals surface area contributed by atoms with Crippen molar-refractivity contribution < 1.29 is 4.79 Å². The lowest BCUT2D eigenvalue weighted by atomic mass is 10.0. The molecule has 2 nitrogen and oxygen atoms in total. The van der Waals surface area contributed by atoms with Crippen molar-refractivity contribution in [1.29, 1.82) is 0 Å². The third-order valence-electron chi connectivity index (χ3n) is 2.80. The SMILES string of the molecule is CCc1cccc(CC)c1NC(=O)CCCCl. The van der Waals surface area contributed by atoms with Crippen molar-refractivity contribution in [3.05, 3.63) is 29.3 Å². The molecule has 1 N–H and O–H groups in total. The number of carbonyl (C=O) groups is 1. The summed E-state index contributed by atoms with van der Waals surface area (Å²) >= 11 is 5.59. The van der Waals surface area contributed by atoms with Crippen molar-refractivity contribution in [2.45, 2.75) is 39.5 Å². The standard InChI is InChI=1S/C14H20ClNO/c1-3-11-7-5-8-12(4-2)14(11)16-13(17)9-6-10-15/h5,7-8H,3-4,6,9-10H2,1-2H3,(H,16,17). The Morgan fingerprint density at radius 2 is 1.82 bits per heavy atom. The topological polar surface area (TPSA) is 29.1 Å². The number of halogens is 1. The second kappa shape index (κ2) is 7.33. The molecule has 0 atom stereocenters. The van der Waals surface area contributed by atoms with Gasteiger partial charge in [0.25, 0.3) is 0 Å². The number of carbonyl (C=O) groups excluding carboxylic acids is 1. The number of para-hydroxylation sites is 1. The summed E-state index contributed by atoms with van der Waals surface area (Å²) in [6, 6.07) is 6.18. The number of benzene rings is 1. The van der Waals surface area contributed by atoms with Gasteiger partial charge in [0.05, 0.1) is 0 Å². The Hall–Kier alpha value is -1.02. The van der Waals surface area contributed by atoms with Crippen molar-refractivity contribution in [3.8, 4) is 0 Å². The summed E-state index contributed by atoms with van der Waals surface area (Å²) in [4.78, 5) is 11.7. The molecule has 17 heavy (non-hydrogen) atoms. The van der Waals surface area contributed by atoms with E-state index in [0.717, 1.165) is 24.9 Å². The molecular formula is C14H20ClNO. The van der Waals surface area contributed by atoms with Gasteiger partial charge in [-0.05, 0) is 30.4 Å². The Morgan fingerprint density at radius 3 is 2.29 bits per heavy atom. The lowest BCUT2D eigenvalue weighted by Gasteiger charge is -2.14. The van der Waals surface area contributed by atoms with Gasteiger partial charge in [-0.25, -0.2) is 0 Å². The highest BCUT2D eigenvalue weighted by molar-refractivity contribution is 6.18. The minimum absolute atomic E-state index is 0.0567. The predicted octanol–water partition coefficient (Wildman–Crippen LogP) is 3.77. The molecule has 0 heterocycles. The van der Waals surface area contributed by atoms with Gasteiger partial charge >= 0.3 is 0 Å². The summed E-state index contributed by atoms with van der Waals surface area (Å²) in [7, 11) is 0. The number of aryl methyl sites for hydroxylation is 2. The van der Waals surface area contributed by atoms with Crippen molar-refractivity contribution in [3.63, 3.8) is 0 Å². The van der Waals surface area contributed by atoms with Gasteiger partial charge in [0.15, 0.2) is 0 Å². The van der Waals surface area contributed by atoms with E-state index in [1.165, 1.54) is 11.1 Å². The van der Waals surface area contributed by atoms with Crippen LogP contribution < -0.4 is 5.32 Å². The lowest BCUT2D eigenvalue weighted by Crippen LogP contribution is -2.14. The highest BCUT2D eigenvalue weighted by Crippen LogP contribution is 2.22. The van der Waals surface area contributed by atoms with Gasteiger partial charge in [-0.15, -0.1) is 11.6 Å². The smallest absolute Gasteiger partial charge is 0.224 e. The number of hydrogen-bond donors (Lipinski definition) is 1. The third kappa shape index (κ3) is 4.04. The molecule has 0 bridgehead atoms. The Balaban J connectivity index is 2.83.